The quantitative estimate of drug-likeness (QED) is 0.503. The summed E-state index contributed by atoms with van der Waals surface area (Å²) in [6.45, 7) is 1.90. The highest BCUT2D eigenvalue weighted by Crippen LogP contribution is 2.41. The fourth-order valence-corrected chi connectivity index (χ4v) is 5.51. The summed E-state index contributed by atoms with van der Waals surface area (Å²) in [5.41, 5.74) is 5.79. The molecule has 5 amide bonds. The minimum atomic E-state index is -1.05. The predicted molar refractivity (Wildman–Crippen MR) is 143 cm³/mol. The molecule has 10 heteroatoms. The lowest BCUT2D eigenvalue weighted by atomic mass is 9.94. The first-order chi connectivity index (χ1) is 18.7. The van der Waals surface area contributed by atoms with Crippen LogP contribution in [0.25, 0.3) is 11.1 Å². The van der Waals surface area contributed by atoms with E-state index in [9.17, 15) is 24.0 Å². The molecule has 2 aromatic carbocycles. The largest absolute Gasteiger partial charge is 0.354 e. The Balaban J connectivity index is 1.44. The van der Waals surface area contributed by atoms with Gasteiger partial charge in [-0.25, -0.2) is 0 Å². The molecule has 196 valence electrons. The third-order valence-electron chi connectivity index (χ3n) is 7.51. The van der Waals surface area contributed by atoms with Gasteiger partial charge in [0.05, 0.1) is 16.8 Å². The molecule has 3 aromatic rings. The number of benzene rings is 2. The highest BCUT2D eigenvalue weighted by Gasteiger charge is 2.45. The monoisotopic (exact) mass is 523 g/mol. The van der Waals surface area contributed by atoms with Gasteiger partial charge in [0.15, 0.2) is 0 Å². The van der Waals surface area contributed by atoms with Crippen molar-refractivity contribution >= 4 is 46.6 Å². The molecular formula is C29H25N5O5. The number of hydrogen-bond acceptors (Lipinski definition) is 7. The van der Waals surface area contributed by atoms with Crippen molar-refractivity contribution in [2.75, 3.05) is 17.3 Å². The predicted octanol–water partition coefficient (Wildman–Crippen LogP) is 3.11. The minimum Gasteiger partial charge on any atom is -0.354 e. The van der Waals surface area contributed by atoms with Crippen LogP contribution in [0.2, 0.25) is 0 Å². The van der Waals surface area contributed by atoms with Crippen molar-refractivity contribution in [1.82, 2.24) is 15.2 Å². The first-order valence-corrected chi connectivity index (χ1v) is 12.7. The zero-order valence-corrected chi connectivity index (χ0v) is 21.4. The molecule has 1 atom stereocenters. The maximum atomic E-state index is 13.6. The molecule has 4 heterocycles. The Morgan fingerprint density at radius 3 is 2.51 bits per heavy atom. The maximum Gasteiger partial charge on any atom is 0.264 e. The fourth-order valence-electron chi connectivity index (χ4n) is 5.51. The molecule has 0 aliphatic carbocycles. The van der Waals surface area contributed by atoms with Crippen LogP contribution in [0.1, 0.15) is 51.2 Å². The van der Waals surface area contributed by atoms with Crippen molar-refractivity contribution in [2.45, 2.75) is 38.6 Å². The molecule has 1 fully saturated rings. The number of carbonyl (C=O) groups excluding carboxylic acids is 5. The molecule has 10 nitrogen and oxygen atoms in total. The summed E-state index contributed by atoms with van der Waals surface area (Å²) in [4.78, 5) is 70.4. The molecule has 1 saturated heterocycles. The highest BCUT2D eigenvalue weighted by atomic mass is 16.2. The van der Waals surface area contributed by atoms with Gasteiger partial charge in [-0.1, -0.05) is 6.07 Å². The molecular weight excluding hydrogens is 498 g/mol. The van der Waals surface area contributed by atoms with Gasteiger partial charge in [-0.05, 0) is 67.3 Å². The van der Waals surface area contributed by atoms with E-state index in [0.717, 1.165) is 33.0 Å². The van der Waals surface area contributed by atoms with Crippen LogP contribution in [-0.2, 0) is 20.8 Å². The average molecular weight is 524 g/mol. The topological polar surface area (TPSA) is 129 Å². The Labute approximate surface area is 224 Å². The number of nitrogens with zero attached hydrogens (tertiary/aromatic N) is 3. The molecule has 3 aliphatic heterocycles. The second kappa shape index (κ2) is 9.16. The Hall–Kier alpha value is -4.86. The Morgan fingerprint density at radius 2 is 1.74 bits per heavy atom. The van der Waals surface area contributed by atoms with Gasteiger partial charge in [0.25, 0.3) is 11.8 Å². The first kappa shape index (κ1) is 24.5. The van der Waals surface area contributed by atoms with E-state index in [2.05, 4.69) is 15.6 Å². The average Bonchev–Trinajstić information content (AvgIpc) is 3.17. The fraction of sp³-hybridized carbons (Fsp3) is 0.241. The number of imide groups is 2. The maximum absolute atomic E-state index is 13.6. The van der Waals surface area contributed by atoms with E-state index >= 15 is 0 Å². The van der Waals surface area contributed by atoms with Crippen LogP contribution in [-0.4, -0.2) is 52.5 Å². The molecule has 0 saturated carbocycles. The lowest BCUT2D eigenvalue weighted by molar-refractivity contribution is -0.136. The standard InChI is InChI=1S/C29H25N5O5/c1-15-12-16(10-11-30-15)19-13-17-6-9-25(36)33(2)23(17)14-21(19)31-20-5-3-4-18-26(20)29(39)34(28(18)38)22-7-8-24(35)32-27(22)37/h3-5,10-14,22,31H,6-9H2,1-2H3,(H,32,35,37). The molecule has 0 spiro atoms. The van der Waals surface area contributed by atoms with Crippen molar-refractivity contribution in [3.05, 3.63) is 71.0 Å². The number of piperidine rings is 1. The second-order valence-electron chi connectivity index (χ2n) is 9.97. The normalized spacial score (nSPS) is 18.7. The summed E-state index contributed by atoms with van der Waals surface area (Å²) < 4.78 is 0. The summed E-state index contributed by atoms with van der Waals surface area (Å²) in [7, 11) is 1.74. The van der Waals surface area contributed by atoms with Gasteiger partial charge in [0.2, 0.25) is 17.7 Å². The van der Waals surface area contributed by atoms with Crippen LogP contribution in [0.4, 0.5) is 17.1 Å². The van der Waals surface area contributed by atoms with Crippen LogP contribution in [0.3, 0.4) is 0 Å². The number of carbonyl (C=O) groups is 5. The van der Waals surface area contributed by atoms with Gasteiger partial charge < -0.3 is 10.2 Å². The molecule has 1 aromatic heterocycles. The van der Waals surface area contributed by atoms with Crippen molar-refractivity contribution in [2.24, 2.45) is 0 Å². The van der Waals surface area contributed by atoms with Gasteiger partial charge >= 0.3 is 0 Å². The first-order valence-electron chi connectivity index (χ1n) is 12.7. The van der Waals surface area contributed by atoms with Crippen LogP contribution < -0.4 is 15.5 Å². The van der Waals surface area contributed by atoms with E-state index in [0.29, 0.717) is 24.2 Å². The third-order valence-corrected chi connectivity index (χ3v) is 7.51. The summed E-state index contributed by atoms with van der Waals surface area (Å²) in [5, 5.41) is 5.57. The van der Waals surface area contributed by atoms with Crippen molar-refractivity contribution in [3.8, 4) is 11.1 Å². The van der Waals surface area contributed by atoms with E-state index < -0.39 is 29.7 Å². The van der Waals surface area contributed by atoms with E-state index in [1.165, 1.54) is 0 Å². The van der Waals surface area contributed by atoms with E-state index in [-0.39, 0.29) is 29.9 Å². The number of aromatic nitrogens is 1. The Bertz CT molecular complexity index is 1610. The Kier molecular flexibility index (Phi) is 5.75. The van der Waals surface area contributed by atoms with Gasteiger partial charge in [0, 0.05) is 48.7 Å². The number of pyridine rings is 1. The number of rotatable bonds is 4. The van der Waals surface area contributed by atoms with E-state index in [1.54, 1.807) is 36.3 Å². The molecule has 6 rings (SSSR count). The zero-order chi connectivity index (χ0) is 27.4. The van der Waals surface area contributed by atoms with E-state index in [4.69, 9.17) is 0 Å². The number of amides is 5. The summed E-state index contributed by atoms with van der Waals surface area (Å²) in [6, 6.07) is 11.7. The SMILES string of the molecule is Cc1cc(-c2cc3c(cc2Nc2cccc4c2C(=O)N(C2CCC(=O)NC2=O)C4=O)N(C)C(=O)CC3)ccn1. The van der Waals surface area contributed by atoms with Gasteiger partial charge in [0.1, 0.15) is 6.04 Å². The summed E-state index contributed by atoms with van der Waals surface area (Å²) in [5.74, 6) is -2.24. The van der Waals surface area contributed by atoms with Crippen LogP contribution >= 0.6 is 0 Å². The van der Waals surface area contributed by atoms with Crippen molar-refractivity contribution in [1.29, 1.82) is 0 Å². The summed E-state index contributed by atoms with van der Waals surface area (Å²) in [6.07, 6.45) is 2.89. The molecule has 3 aliphatic rings. The smallest absolute Gasteiger partial charge is 0.264 e. The van der Waals surface area contributed by atoms with Gasteiger partial charge in [-0.3, -0.25) is 39.2 Å². The van der Waals surface area contributed by atoms with Crippen molar-refractivity contribution < 1.29 is 24.0 Å². The van der Waals surface area contributed by atoms with Gasteiger partial charge in [-0.15, -0.1) is 0 Å². The number of fused-ring (bicyclic) bond motifs is 2. The number of hydrogen-bond donors (Lipinski definition) is 2. The van der Waals surface area contributed by atoms with Gasteiger partial charge in [-0.2, -0.15) is 0 Å². The molecule has 1 unspecified atom stereocenters. The third kappa shape index (κ3) is 4.04. The van der Waals surface area contributed by atoms with Crippen molar-refractivity contribution in [3.63, 3.8) is 0 Å². The zero-order valence-electron chi connectivity index (χ0n) is 21.4. The lowest BCUT2D eigenvalue weighted by Gasteiger charge is -2.28. The highest BCUT2D eigenvalue weighted by molar-refractivity contribution is 6.25. The number of nitrogens with one attached hydrogen (secondary N) is 2. The molecule has 0 radical (unpaired) electrons. The van der Waals surface area contributed by atoms with Crippen LogP contribution in [0.5, 0.6) is 0 Å². The van der Waals surface area contributed by atoms with Crippen LogP contribution in [0, 0.1) is 6.92 Å². The molecule has 39 heavy (non-hydrogen) atoms. The molecule has 0 bridgehead atoms. The molecule has 2 N–H and O–H groups in total. The minimum absolute atomic E-state index is 0.0159. The number of anilines is 3. The number of aryl methyl sites for hydroxylation is 2. The lowest BCUT2D eigenvalue weighted by Crippen LogP contribution is -2.54. The van der Waals surface area contributed by atoms with Crippen LogP contribution in [0.15, 0.2) is 48.7 Å². The Morgan fingerprint density at radius 1 is 0.923 bits per heavy atom. The summed E-state index contributed by atoms with van der Waals surface area (Å²) >= 11 is 0. The second-order valence-corrected chi connectivity index (χ2v) is 9.97. The van der Waals surface area contributed by atoms with E-state index in [1.807, 2.05) is 31.2 Å².